The van der Waals surface area contributed by atoms with Crippen LogP contribution in [-0.2, 0) is 9.53 Å². The highest BCUT2D eigenvalue weighted by Crippen LogP contribution is 2.37. The number of halogens is 3. The molecule has 0 spiro atoms. The fraction of sp³-hybridized carbons (Fsp3) is 0.800. The van der Waals surface area contributed by atoms with Crippen LogP contribution in [0.2, 0.25) is 0 Å². The second-order valence-corrected chi connectivity index (χ2v) is 2.24. The summed E-state index contributed by atoms with van der Waals surface area (Å²) in [5.74, 6) is -1.61. The number of carbonyl (C=O) groups excluding carboxylic acids is 1. The Morgan fingerprint density at radius 3 is 2.27 bits per heavy atom. The van der Waals surface area contributed by atoms with Crippen molar-refractivity contribution in [3.8, 4) is 0 Å². The molecule has 1 atom stereocenters. The van der Waals surface area contributed by atoms with Crippen molar-refractivity contribution in [3.63, 3.8) is 0 Å². The molecule has 0 aromatic heterocycles. The van der Waals surface area contributed by atoms with Crippen LogP contribution in [0.15, 0.2) is 0 Å². The van der Waals surface area contributed by atoms with E-state index in [1.54, 1.807) is 0 Å². The van der Waals surface area contributed by atoms with Crippen LogP contribution < -0.4 is 0 Å². The molecule has 6 heteroatoms. The Kier molecular flexibility index (Phi) is 1.59. The van der Waals surface area contributed by atoms with Crippen molar-refractivity contribution in [3.05, 3.63) is 0 Å². The molecule has 1 aliphatic heterocycles. The van der Waals surface area contributed by atoms with Gasteiger partial charge in [0, 0.05) is 6.42 Å². The van der Waals surface area contributed by atoms with Crippen molar-refractivity contribution in [1.29, 1.82) is 0 Å². The zero-order valence-electron chi connectivity index (χ0n) is 5.31. The first-order chi connectivity index (χ1) is 4.88. The van der Waals surface area contributed by atoms with Crippen LogP contribution in [0.4, 0.5) is 13.2 Å². The van der Waals surface area contributed by atoms with Gasteiger partial charge in [-0.2, -0.15) is 13.2 Å². The van der Waals surface area contributed by atoms with Crippen LogP contribution in [-0.4, -0.2) is 29.5 Å². The lowest BCUT2D eigenvalue weighted by Gasteiger charge is -2.20. The summed E-state index contributed by atoms with van der Waals surface area (Å²) in [6.07, 6.45) is -5.64. The maximum Gasteiger partial charge on any atom is 0.428 e. The Balaban J connectivity index is 2.90. The fourth-order valence-electron chi connectivity index (χ4n) is 0.770. The molecule has 1 rings (SSSR count). The molecule has 1 fully saturated rings. The van der Waals surface area contributed by atoms with Crippen LogP contribution in [0.1, 0.15) is 6.42 Å². The number of aliphatic hydroxyl groups is 1. The van der Waals surface area contributed by atoms with E-state index in [9.17, 15) is 18.0 Å². The molecule has 1 unspecified atom stereocenters. The van der Waals surface area contributed by atoms with Crippen LogP contribution in [0.25, 0.3) is 0 Å². The molecule has 0 saturated carbocycles. The second kappa shape index (κ2) is 2.10. The van der Waals surface area contributed by atoms with Gasteiger partial charge in [-0.05, 0) is 0 Å². The fourth-order valence-corrected chi connectivity index (χ4v) is 0.770. The maximum atomic E-state index is 11.8. The van der Waals surface area contributed by atoms with E-state index in [1.807, 2.05) is 0 Å². The van der Waals surface area contributed by atoms with E-state index < -0.39 is 24.2 Å². The van der Waals surface area contributed by atoms with Crippen molar-refractivity contribution in [1.82, 2.24) is 0 Å². The molecular formula is C5H5F3O3. The third-order valence-corrected chi connectivity index (χ3v) is 1.50. The number of ether oxygens (including phenoxy) is 1. The summed E-state index contributed by atoms with van der Waals surface area (Å²) in [5.41, 5.74) is -3.27. The van der Waals surface area contributed by atoms with Gasteiger partial charge in [0.15, 0.2) is 0 Å². The van der Waals surface area contributed by atoms with Crippen molar-refractivity contribution in [2.75, 3.05) is 6.61 Å². The normalized spacial score (nSPS) is 32.2. The molecule has 1 N–H and O–H groups in total. The summed E-state index contributed by atoms with van der Waals surface area (Å²) in [4.78, 5) is 10.4. The Hall–Kier alpha value is -0.780. The molecule has 1 heterocycles. The zero-order valence-corrected chi connectivity index (χ0v) is 5.31. The van der Waals surface area contributed by atoms with Gasteiger partial charge in [-0.3, -0.25) is 0 Å². The van der Waals surface area contributed by atoms with E-state index in [0.29, 0.717) is 0 Å². The molecule has 0 radical (unpaired) electrons. The smallest absolute Gasteiger partial charge is 0.428 e. The van der Waals surface area contributed by atoms with Crippen LogP contribution in [0, 0.1) is 0 Å². The van der Waals surface area contributed by atoms with E-state index in [2.05, 4.69) is 4.74 Å². The van der Waals surface area contributed by atoms with Gasteiger partial charge in [0.1, 0.15) is 0 Å². The van der Waals surface area contributed by atoms with Gasteiger partial charge in [-0.25, -0.2) is 4.79 Å². The first-order valence-electron chi connectivity index (χ1n) is 2.84. The summed E-state index contributed by atoms with van der Waals surface area (Å²) in [6, 6.07) is 0. The monoisotopic (exact) mass is 170 g/mol. The molecule has 0 amide bonds. The van der Waals surface area contributed by atoms with E-state index in [-0.39, 0.29) is 6.61 Å². The summed E-state index contributed by atoms with van der Waals surface area (Å²) >= 11 is 0. The molecule has 0 bridgehead atoms. The van der Waals surface area contributed by atoms with E-state index in [4.69, 9.17) is 5.11 Å². The van der Waals surface area contributed by atoms with Crippen molar-refractivity contribution >= 4 is 5.97 Å². The first-order valence-corrected chi connectivity index (χ1v) is 2.84. The summed E-state index contributed by atoms with van der Waals surface area (Å²) in [7, 11) is 0. The standard InChI is InChI=1S/C5H5F3O3/c6-5(7,8)4(10)1-2-11-3(4)9/h10H,1-2H2. The topological polar surface area (TPSA) is 46.5 Å². The van der Waals surface area contributed by atoms with Crippen LogP contribution >= 0.6 is 0 Å². The number of cyclic esters (lactones) is 1. The number of alkyl halides is 3. The molecule has 0 aromatic rings. The number of carbonyl (C=O) groups is 1. The number of rotatable bonds is 0. The molecule has 0 aliphatic carbocycles. The van der Waals surface area contributed by atoms with Gasteiger partial charge < -0.3 is 9.84 Å². The molecule has 0 aromatic carbocycles. The van der Waals surface area contributed by atoms with Gasteiger partial charge in [0.2, 0.25) is 0 Å². The van der Waals surface area contributed by atoms with Gasteiger partial charge in [0.05, 0.1) is 6.61 Å². The van der Waals surface area contributed by atoms with E-state index in [1.165, 1.54) is 0 Å². The lowest BCUT2D eigenvalue weighted by molar-refractivity contribution is -0.250. The SMILES string of the molecule is O=C1OCCC1(O)C(F)(F)F. The molecule has 11 heavy (non-hydrogen) atoms. The third-order valence-electron chi connectivity index (χ3n) is 1.50. The minimum absolute atomic E-state index is 0.380. The second-order valence-electron chi connectivity index (χ2n) is 2.24. The van der Waals surface area contributed by atoms with Crippen LogP contribution in [0.3, 0.4) is 0 Å². The highest BCUT2D eigenvalue weighted by Gasteiger charge is 2.63. The largest absolute Gasteiger partial charge is 0.463 e. The van der Waals surface area contributed by atoms with Gasteiger partial charge in [-0.1, -0.05) is 0 Å². The molecule has 1 saturated heterocycles. The van der Waals surface area contributed by atoms with Crippen molar-refractivity contribution < 1.29 is 27.8 Å². The Morgan fingerprint density at radius 1 is 1.55 bits per heavy atom. The van der Waals surface area contributed by atoms with Gasteiger partial charge in [0.25, 0.3) is 5.60 Å². The maximum absolute atomic E-state index is 11.8. The number of esters is 1. The highest BCUT2D eigenvalue weighted by molar-refractivity contribution is 5.82. The first kappa shape index (κ1) is 8.32. The third kappa shape index (κ3) is 1.07. The number of hydrogen-bond donors (Lipinski definition) is 1. The van der Waals surface area contributed by atoms with Crippen LogP contribution in [0.5, 0.6) is 0 Å². The predicted octanol–water partition coefficient (Wildman–Crippen LogP) is 0.227. The minimum Gasteiger partial charge on any atom is -0.463 e. The molecule has 64 valence electrons. The summed E-state index contributed by atoms with van der Waals surface area (Å²) in [6.45, 7) is -0.380. The summed E-state index contributed by atoms with van der Waals surface area (Å²) in [5, 5.41) is 8.70. The lowest BCUT2D eigenvalue weighted by atomic mass is 10.0. The predicted molar refractivity (Wildman–Crippen MR) is 26.6 cm³/mol. The van der Waals surface area contributed by atoms with E-state index >= 15 is 0 Å². The summed E-state index contributed by atoms with van der Waals surface area (Å²) < 4.78 is 39.5. The minimum atomic E-state index is -4.93. The van der Waals surface area contributed by atoms with Gasteiger partial charge >= 0.3 is 12.1 Å². The Labute approximate surface area is 59.8 Å². The molecular weight excluding hydrogens is 165 g/mol. The van der Waals surface area contributed by atoms with Crippen molar-refractivity contribution in [2.24, 2.45) is 0 Å². The Morgan fingerprint density at radius 2 is 2.09 bits per heavy atom. The lowest BCUT2D eigenvalue weighted by Crippen LogP contribution is -2.48. The molecule has 1 aliphatic rings. The quantitative estimate of drug-likeness (QED) is 0.529. The average molecular weight is 170 g/mol. The average Bonchev–Trinajstić information content (AvgIpc) is 2.12. The highest BCUT2D eigenvalue weighted by atomic mass is 19.4. The molecule has 3 nitrogen and oxygen atoms in total. The number of hydrogen-bond acceptors (Lipinski definition) is 3. The van der Waals surface area contributed by atoms with E-state index in [0.717, 1.165) is 0 Å². The Bertz CT molecular complexity index is 188. The zero-order chi connectivity index (χ0) is 8.70. The van der Waals surface area contributed by atoms with Crippen molar-refractivity contribution in [2.45, 2.75) is 18.2 Å². The van der Waals surface area contributed by atoms with Gasteiger partial charge in [-0.15, -0.1) is 0 Å².